The number of benzene rings is 1. The van der Waals surface area contributed by atoms with Crippen molar-refractivity contribution in [3.05, 3.63) is 29.8 Å². The van der Waals surface area contributed by atoms with Crippen LogP contribution in [0.3, 0.4) is 0 Å². The Kier molecular flexibility index (Phi) is 4.80. The average molecular weight is 293 g/mol. The number of methoxy groups -OCH3 is 1. The molecular formula is C15H19NO5. The first-order valence-electron chi connectivity index (χ1n) is 6.84. The number of carboxylic acid groups (broad SMARTS) is 1. The summed E-state index contributed by atoms with van der Waals surface area (Å²) in [6, 6.07) is 6.49. The van der Waals surface area contributed by atoms with E-state index < -0.39 is 18.1 Å². The van der Waals surface area contributed by atoms with Gasteiger partial charge in [0.2, 0.25) is 5.91 Å². The fourth-order valence-corrected chi connectivity index (χ4v) is 2.55. The van der Waals surface area contributed by atoms with Crippen LogP contribution in [0.4, 0.5) is 0 Å². The molecule has 2 atom stereocenters. The fourth-order valence-electron chi connectivity index (χ4n) is 2.55. The summed E-state index contributed by atoms with van der Waals surface area (Å²) < 4.78 is 5.12. The van der Waals surface area contributed by atoms with Crippen LogP contribution in [-0.4, -0.2) is 52.8 Å². The molecule has 21 heavy (non-hydrogen) atoms. The number of aliphatic carboxylic acids is 1. The number of amides is 1. The highest BCUT2D eigenvalue weighted by Gasteiger charge is 2.38. The van der Waals surface area contributed by atoms with E-state index in [0.29, 0.717) is 6.42 Å². The molecule has 1 aromatic rings. The fraction of sp³-hybridized carbons (Fsp3) is 0.467. The van der Waals surface area contributed by atoms with Gasteiger partial charge in [-0.25, -0.2) is 4.79 Å². The van der Waals surface area contributed by atoms with E-state index in [-0.39, 0.29) is 25.3 Å². The maximum atomic E-state index is 12.2. The van der Waals surface area contributed by atoms with Gasteiger partial charge in [-0.05, 0) is 24.1 Å². The monoisotopic (exact) mass is 293 g/mol. The van der Waals surface area contributed by atoms with E-state index in [4.69, 9.17) is 9.84 Å². The summed E-state index contributed by atoms with van der Waals surface area (Å²) in [5, 5.41) is 18.6. The van der Waals surface area contributed by atoms with Crippen molar-refractivity contribution < 1.29 is 24.5 Å². The first-order chi connectivity index (χ1) is 10.0. The van der Waals surface area contributed by atoms with Crippen LogP contribution in [0.25, 0.3) is 0 Å². The molecule has 114 valence electrons. The summed E-state index contributed by atoms with van der Waals surface area (Å²) in [4.78, 5) is 24.5. The number of ether oxygens (including phenoxy) is 1. The lowest BCUT2D eigenvalue weighted by atomic mass is 10.1. The largest absolute Gasteiger partial charge is 0.497 e. The summed E-state index contributed by atoms with van der Waals surface area (Å²) in [6.45, 7) is 0.0912. The van der Waals surface area contributed by atoms with Gasteiger partial charge in [0.1, 0.15) is 11.8 Å². The summed E-state index contributed by atoms with van der Waals surface area (Å²) in [6.07, 6.45) is 0.0608. The highest BCUT2D eigenvalue weighted by Crippen LogP contribution is 2.20. The van der Waals surface area contributed by atoms with Crippen LogP contribution < -0.4 is 4.74 Å². The molecule has 1 aliphatic rings. The van der Waals surface area contributed by atoms with Gasteiger partial charge in [-0.2, -0.15) is 0 Å². The molecule has 1 amide bonds. The van der Waals surface area contributed by atoms with Gasteiger partial charge in [0.25, 0.3) is 0 Å². The van der Waals surface area contributed by atoms with Crippen molar-refractivity contribution >= 4 is 11.9 Å². The summed E-state index contributed by atoms with van der Waals surface area (Å²) in [5.74, 6) is -0.594. The van der Waals surface area contributed by atoms with Gasteiger partial charge in [0, 0.05) is 19.4 Å². The van der Waals surface area contributed by atoms with Crippen LogP contribution in [0, 0.1) is 0 Å². The minimum atomic E-state index is -1.07. The minimum Gasteiger partial charge on any atom is -0.497 e. The summed E-state index contributed by atoms with van der Waals surface area (Å²) >= 11 is 0. The zero-order chi connectivity index (χ0) is 15.4. The lowest BCUT2D eigenvalue weighted by Gasteiger charge is -2.21. The predicted molar refractivity (Wildman–Crippen MR) is 75.1 cm³/mol. The van der Waals surface area contributed by atoms with E-state index >= 15 is 0 Å². The second-order valence-corrected chi connectivity index (χ2v) is 5.14. The van der Waals surface area contributed by atoms with E-state index in [2.05, 4.69) is 0 Å². The van der Waals surface area contributed by atoms with Crippen molar-refractivity contribution in [2.75, 3.05) is 13.7 Å². The first kappa shape index (κ1) is 15.3. The van der Waals surface area contributed by atoms with Crippen LogP contribution in [-0.2, 0) is 16.0 Å². The summed E-state index contributed by atoms with van der Waals surface area (Å²) in [5.41, 5.74) is 0.953. The third-order valence-corrected chi connectivity index (χ3v) is 3.65. The smallest absolute Gasteiger partial charge is 0.326 e. The predicted octanol–water partition coefficient (Wildman–Crippen LogP) is 0.674. The number of aliphatic hydroxyl groups excluding tert-OH is 1. The molecule has 2 rings (SSSR count). The number of carbonyl (C=O) groups is 2. The van der Waals surface area contributed by atoms with E-state index in [9.17, 15) is 14.7 Å². The van der Waals surface area contributed by atoms with Crippen molar-refractivity contribution in [1.82, 2.24) is 4.90 Å². The maximum absolute atomic E-state index is 12.2. The van der Waals surface area contributed by atoms with Crippen LogP contribution in [0.2, 0.25) is 0 Å². The van der Waals surface area contributed by atoms with Crippen molar-refractivity contribution in [1.29, 1.82) is 0 Å². The number of rotatable bonds is 5. The number of β-amino-alcohol motifs (C(OH)–C–C–N with tert-alkyl or cyclic N) is 1. The Balaban J connectivity index is 1.96. The Hall–Kier alpha value is -2.08. The number of aliphatic hydroxyl groups is 1. The third kappa shape index (κ3) is 3.72. The van der Waals surface area contributed by atoms with Gasteiger partial charge < -0.3 is 19.8 Å². The molecule has 1 fully saturated rings. The van der Waals surface area contributed by atoms with E-state index in [1.54, 1.807) is 7.11 Å². The molecule has 0 bridgehead atoms. The molecule has 1 saturated heterocycles. The number of likely N-dealkylation sites (tertiary alicyclic amines) is 1. The molecule has 2 N–H and O–H groups in total. The molecule has 0 spiro atoms. The molecule has 0 saturated carbocycles. The molecule has 6 nitrogen and oxygen atoms in total. The van der Waals surface area contributed by atoms with Crippen molar-refractivity contribution in [2.24, 2.45) is 0 Å². The first-order valence-corrected chi connectivity index (χ1v) is 6.84. The molecule has 0 radical (unpaired) electrons. The lowest BCUT2D eigenvalue weighted by Crippen LogP contribution is -2.40. The van der Waals surface area contributed by atoms with Gasteiger partial charge in [0.05, 0.1) is 13.2 Å². The molecule has 1 aliphatic heterocycles. The standard InChI is InChI=1S/C15H19NO5/c1-21-12-4-2-3-10(7-12)5-6-14(18)16-9-11(17)8-13(16)15(19)20/h2-4,7,11,13,17H,5-6,8-9H2,1H3,(H,19,20)/t11-,13-/m0/s1. The zero-order valence-corrected chi connectivity index (χ0v) is 11.9. The molecule has 0 unspecified atom stereocenters. The van der Waals surface area contributed by atoms with E-state index in [1.165, 1.54) is 4.90 Å². The Morgan fingerprint density at radius 2 is 2.19 bits per heavy atom. The number of nitrogens with zero attached hydrogens (tertiary/aromatic N) is 1. The molecule has 0 aliphatic carbocycles. The van der Waals surface area contributed by atoms with E-state index in [1.807, 2.05) is 24.3 Å². The van der Waals surface area contributed by atoms with Crippen LogP contribution >= 0.6 is 0 Å². The molecule has 0 aromatic heterocycles. The third-order valence-electron chi connectivity index (χ3n) is 3.65. The Bertz CT molecular complexity index is 531. The minimum absolute atomic E-state index is 0.0912. The molecular weight excluding hydrogens is 274 g/mol. The van der Waals surface area contributed by atoms with Crippen LogP contribution in [0.15, 0.2) is 24.3 Å². The van der Waals surface area contributed by atoms with Crippen molar-refractivity contribution in [2.45, 2.75) is 31.4 Å². The quantitative estimate of drug-likeness (QED) is 0.833. The number of aryl methyl sites for hydroxylation is 1. The van der Waals surface area contributed by atoms with Gasteiger partial charge in [-0.1, -0.05) is 12.1 Å². The number of carboxylic acids is 1. The second-order valence-electron chi connectivity index (χ2n) is 5.14. The topological polar surface area (TPSA) is 87.1 Å². The van der Waals surface area contributed by atoms with Gasteiger partial charge >= 0.3 is 5.97 Å². The van der Waals surface area contributed by atoms with Crippen molar-refractivity contribution in [3.8, 4) is 5.75 Å². The number of hydrogen-bond donors (Lipinski definition) is 2. The van der Waals surface area contributed by atoms with Crippen LogP contribution in [0.5, 0.6) is 5.75 Å². The average Bonchev–Trinajstić information content (AvgIpc) is 2.87. The molecule has 6 heteroatoms. The van der Waals surface area contributed by atoms with Gasteiger partial charge in [-0.3, -0.25) is 4.79 Å². The molecule has 1 aromatic carbocycles. The highest BCUT2D eigenvalue weighted by molar-refractivity contribution is 5.84. The van der Waals surface area contributed by atoms with Gasteiger partial charge in [0.15, 0.2) is 0 Å². The summed E-state index contributed by atoms with van der Waals surface area (Å²) in [7, 11) is 1.58. The lowest BCUT2D eigenvalue weighted by molar-refractivity contribution is -0.148. The van der Waals surface area contributed by atoms with Gasteiger partial charge in [-0.15, -0.1) is 0 Å². The molecule has 1 heterocycles. The number of hydrogen-bond acceptors (Lipinski definition) is 4. The normalized spacial score (nSPS) is 21.3. The Morgan fingerprint density at radius 3 is 2.86 bits per heavy atom. The zero-order valence-electron chi connectivity index (χ0n) is 11.9. The Morgan fingerprint density at radius 1 is 1.43 bits per heavy atom. The second kappa shape index (κ2) is 6.58. The maximum Gasteiger partial charge on any atom is 0.326 e. The SMILES string of the molecule is COc1cccc(CCC(=O)N2C[C@@H](O)C[C@H]2C(=O)O)c1. The number of carbonyl (C=O) groups excluding carboxylic acids is 1. The van der Waals surface area contributed by atoms with Crippen molar-refractivity contribution in [3.63, 3.8) is 0 Å². The Labute approximate surface area is 122 Å². The van der Waals surface area contributed by atoms with E-state index in [0.717, 1.165) is 11.3 Å². The van der Waals surface area contributed by atoms with Crippen LogP contribution in [0.1, 0.15) is 18.4 Å². The highest BCUT2D eigenvalue weighted by atomic mass is 16.5.